The molecule has 4 nitrogen and oxygen atoms in total. The Morgan fingerprint density at radius 2 is 2.00 bits per heavy atom. The molecule has 0 bridgehead atoms. The standard InChI is InChI=1S/C12H24N2O2/c1-11(2,3)5-9(6-13)10(15)14-7-12(4,16)8-14/h9,16H,5-8,13H2,1-4H3. The number of β-amino-alcohol motifs (C(OH)–C–C–N with tert-alkyl or cyclic N) is 1. The monoisotopic (exact) mass is 228 g/mol. The topological polar surface area (TPSA) is 66.6 Å². The van der Waals surface area contributed by atoms with Gasteiger partial charge >= 0.3 is 0 Å². The van der Waals surface area contributed by atoms with Crippen molar-refractivity contribution >= 4 is 5.91 Å². The number of hydrogen-bond acceptors (Lipinski definition) is 3. The summed E-state index contributed by atoms with van der Waals surface area (Å²) >= 11 is 0. The molecule has 1 saturated heterocycles. The van der Waals surface area contributed by atoms with E-state index in [9.17, 15) is 9.90 Å². The fraction of sp³-hybridized carbons (Fsp3) is 0.917. The molecule has 4 heteroatoms. The molecule has 94 valence electrons. The van der Waals surface area contributed by atoms with E-state index in [1.807, 2.05) is 0 Å². The highest BCUT2D eigenvalue weighted by Gasteiger charge is 2.41. The van der Waals surface area contributed by atoms with E-state index in [2.05, 4.69) is 20.8 Å². The van der Waals surface area contributed by atoms with E-state index >= 15 is 0 Å². The third kappa shape index (κ3) is 3.46. The molecule has 1 atom stereocenters. The van der Waals surface area contributed by atoms with Gasteiger partial charge in [-0.15, -0.1) is 0 Å². The van der Waals surface area contributed by atoms with Gasteiger partial charge in [0.1, 0.15) is 0 Å². The van der Waals surface area contributed by atoms with Crippen molar-refractivity contribution in [1.82, 2.24) is 4.90 Å². The van der Waals surface area contributed by atoms with Gasteiger partial charge in [-0.25, -0.2) is 0 Å². The van der Waals surface area contributed by atoms with Crippen molar-refractivity contribution in [2.45, 2.75) is 39.7 Å². The first-order valence-electron chi connectivity index (χ1n) is 5.86. The van der Waals surface area contributed by atoms with Crippen LogP contribution in [0.3, 0.4) is 0 Å². The number of aliphatic hydroxyl groups is 1. The van der Waals surface area contributed by atoms with Crippen LogP contribution in [0.25, 0.3) is 0 Å². The fourth-order valence-corrected chi connectivity index (χ4v) is 2.20. The van der Waals surface area contributed by atoms with Crippen molar-refractivity contribution < 1.29 is 9.90 Å². The van der Waals surface area contributed by atoms with Crippen LogP contribution in [0.5, 0.6) is 0 Å². The van der Waals surface area contributed by atoms with Crippen molar-refractivity contribution in [2.75, 3.05) is 19.6 Å². The van der Waals surface area contributed by atoms with Gasteiger partial charge in [-0.1, -0.05) is 20.8 Å². The second kappa shape index (κ2) is 4.34. The van der Waals surface area contributed by atoms with Crippen molar-refractivity contribution in [3.8, 4) is 0 Å². The number of amides is 1. The quantitative estimate of drug-likeness (QED) is 0.743. The summed E-state index contributed by atoms with van der Waals surface area (Å²) in [7, 11) is 0. The smallest absolute Gasteiger partial charge is 0.227 e. The van der Waals surface area contributed by atoms with E-state index in [1.165, 1.54) is 0 Å². The van der Waals surface area contributed by atoms with Crippen LogP contribution in [-0.2, 0) is 4.79 Å². The molecule has 16 heavy (non-hydrogen) atoms. The molecule has 0 aromatic carbocycles. The molecule has 1 fully saturated rings. The van der Waals surface area contributed by atoms with Gasteiger partial charge in [0.2, 0.25) is 5.91 Å². The molecule has 1 amide bonds. The Balaban J connectivity index is 2.52. The van der Waals surface area contributed by atoms with E-state index in [0.29, 0.717) is 19.6 Å². The lowest BCUT2D eigenvalue weighted by Gasteiger charge is -2.45. The van der Waals surface area contributed by atoms with Crippen LogP contribution in [0, 0.1) is 11.3 Å². The average molecular weight is 228 g/mol. The van der Waals surface area contributed by atoms with Crippen LogP contribution in [-0.4, -0.2) is 41.1 Å². The largest absolute Gasteiger partial charge is 0.386 e. The minimum atomic E-state index is -0.698. The van der Waals surface area contributed by atoms with Gasteiger partial charge in [-0.2, -0.15) is 0 Å². The zero-order valence-corrected chi connectivity index (χ0v) is 10.8. The van der Waals surface area contributed by atoms with Gasteiger partial charge < -0.3 is 15.7 Å². The predicted molar refractivity (Wildman–Crippen MR) is 63.8 cm³/mol. The Labute approximate surface area is 97.8 Å². The lowest BCUT2D eigenvalue weighted by Crippen LogP contribution is -2.63. The number of rotatable bonds is 3. The van der Waals surface area contributed by atoms with E-state index < -0.39 is 5.60 Å². The van der Waals surface area contributed by atoms with Crippen LogP contribution < -0.4 is 5.73 Å². The Hall–Kier alpha value is -0.610. The lowest BCUT2D eigenvalue weighted by molar-refractivity contribution is -0.157. The SMILES string of the molecule is CC(C)(C)CC(CN)C(=O)N1CC(C)(O)C1. The molecule has 3 N–H and O–H groups in total. The maximum atomic E-state index is 12.1. The zero-order chi connectivity index (χ0) is 12.6. The first kappa shape index (κ1) is 13.5. The molecule has 0 aromatic rings. The molecular weight excluding hydrogens is 204 g/mol. The number of nitrogens with two attached hydrogens (primary N) is 1. The fourth-order valence-electron chi connectivity index (χ4n) is 2.20. The summed E-state index contributed by atoms with van der Waals surface area (Å²) in [5.41, 5.74) is 5.06. The molecule has 1 unspecified atom stereocenters. The van der Waals surface area contributed by atoms with E-state index in [0.717, 1.165) is 6.42 Å². The maximum absolute atomic E-state index is 12.1. The lowest BCUT2D eigenvalue weighted by atomic mass is 9.83. The van der Waals surface area contributed by atoms with E-state index in [4.69, 9.17) is 5.73 Å². The summed E-state index contributed by atoms with van der Waals surface area (Å²) in [4.78, 5) is 13.8. The zero-order valence-electron chi connectivity index (χ0n) is 10.8. The van der Waals surface area contributed by atoms with Crippen LogP contribution in [0.2, 0.25) is 0 Å². The summed E-state index contributed by atoms with van der Waals surface area (Å²) < 4.78 is 0. The van der Waals surface area contributed by atoms with Crippen molar-refractivity contribution in [1.29, 1.82) is 0 Å². The van der Waals surface area contributed by atoms with Gasteiger partial charge in [0, 0.05) is 6.54 Å². The number of hydrogen-bond donors (Lipinski definition) is 2. The molecule has 1 aliphatic rings. The average Bonchev–Trinajstić information content (AvgIpc) is 2.07. The van der Waals surface area contributed by atoms with E-state index in [-0.39, 0.29) is 17.2 Å². The molecule has 0 radical (unpaired) electrons. The van der Waals surface area contributed by atoms with Crippen LogP contribution >= 0.6 is 0 Å². The van der Waals surface area contributed by atoms with E-state index in [1.54, 1.807) is 11.8 Å². The molecule has 0 aromatic heterocycles. The minimum absolute atomic E-state index is 0.0870. The van der Waals surface area contributed by atoms with Gasteiger partial charge in [0.15, 0.2) is 0 Å². The Morgan fingerprint density at radius 1 is 1.50 bits per heavy atom. The Kier molecular flexibility index (Phi) is 3.65. The second-order valence-electron chi connectivity index (χ2n) is 6.39. The van der Waals surface area contributed by atoms with Crippen molar-refractivity contribution in [3.05, 3.63) is 0 Å². The Morgan fingerprint density at radius 3 is 2.31 bits per heavy atom. The summed E-state index contributed by atoms with van der Waals surface area (Å²) in [5.74, 6) is -0.0277. The number of nitrogens with zero attached hydrogens (tertiary/aromatic N) is 1. The van der Waals surface area contributed by atoms with Gasteiger partial charge in [-0.3, -0.25) is 4.79 Å². The molecule has 0 saturated carbocycles. The normalized spacial score (nSPS) is 21.5. The second-order valence-corrected chi connectivity index (χ2v) is 6.39. The molecule has 1 heterocycles. The van der Waals surface area contributed by atoms with Gasteiger partial charge in [0.25, 0.3) is 0 Å². The maximum Gasteiger partial charge on any atom is 0.227 e. The third-order valence-corrected chi connectivity index (χ3v) is 2.87. The molecule has 1 aliphatic heterocycles. The highest BCUT2D eigenvalue weighted by Crippen LogP contribution is 2.28. The highest BCUT2D eigenvalue weighted by molar-refractivity contribution is 5.80. The molecule has 1 rings (SSSR count). The number of carbonyl (C=O) groups excluding carboxylic acids is 1. The third-order valence-electron chi connectivity index (χ3n) is 2.87. The number of carbonyl (C=O) groups is 1. The van der Waals surface area contributed by atoms with Crippen LogP contribution in [0.15, 0.2) is 0 Å². The van der Waals surface area contributed by atoms with Crippen LogP contribution in [0.1, 0.15) is 34.1 Å². The molecule has 0 spiro atoms. The summed E-state index contributed by atoms with van der Waals surface area (Å²) in [6.07, 6.45) is 0.793. The summed E-state index contributed by atoms with van der Waals surface area (Å²) in [6.45, 7) is 9.32. The van der Waals surface area contributed by atoms with Crippen molar-refractivity contribution in [3.63, 3.8) is 0 Å². The van der Waals surface area contributed by atoms with Crippen LogP contribution in [0.4, 0.5) is 0 Å². The summed E-state index contributed by atoms with van der Waals surface area (Å²) in [5, 5.41) is 9.59. The van der Waals surface area contributed by atoms with Gasteiger partial charge in [-0.05, 0) is 18.8 Å². The first-order chi connectivity index (χ1) is 7.14. The minimum Gasteiger partial charge on any atom is -0.386 e. The number of likely N-dealkylation sites (tertiary alicyclic amines) is 1. The predicted octanol–water partition coefficient (Wildman–Crippen LogP) is 0.591. The highest BCUT2D eigenvalue weighted by atomic mass is 16.3. The van der Waals surface area contributed by atoms with Gasteiger partial charge in [0.05, 0.1) is 24.6 Å². The first-order valence-corrected chi connectivity index (χ1v) is 5.86. The molecular formula is C12H24N2O2. The van der Waals surface area contributed by atoms with Crippen molar-refractivity contribution in [2.24, 2.45) is 17.1 Å². The molecule has 0 aliphatic carbocycles. The summed E-state index contributed by atoms with van der Waals surface area (Å²) in [6, 6.07) is 0. The Bertz CT molecular complexity index is 261.